The molecule has 1 atom stereocenters. The van der Waals surface area contributed by atoms with E-state index in [4.69, 9.17) is 4.74 Å². The fraction of sp³-hybridized carbons (Fsp3) is 0.333. The number of benzene rings is 4. The average molecular weight is 467 g/mol. The SMILES string of the molecule is CCC(C)(C)C(O)c1ccc2cc(COc3ccc(Cc4ccc(C)c(C)c4)cc3C)ccc2c1. The van der Waals surface area contributed by atoms with Gasteiger partial charge < -0.3 is 9.84 Å². The lowest BCUT2D eigenvalue weighted by atomic mass is 9.80. The first-order valence-corrected chi connectivity index (χ1v) is 12.7. The number of fused-ring (bicyclic) bond motifs is 1. The van der Waals surface area contributed by atoms with Gasteiger partial charge in [0.25, 0.3) is 0 Å². The Bertz CT molecular complexity index is 1330. The average Bonchev–Trinajstić information content (AvgIpc) is 2.85. The first-order chi connectivity index (χ1) is 16.7. The molecule has 2 nitrogen and oxygen atoms in total. The third kappa shape index (κ3) is 5.77. The highest BCUT2D eigenvalue weighted by molar-refractivity contribution is 5.84. The Balaban J connectivity index is 1.44. The molecule has 0 aromatic heterocycles. The van der Waals surface area contributed by atoms with Crippen molar-refractivity contribution in [1.29, 1.82) is 0 Å². The third-order valence-electron chi connectivity index (χ3n) is 7.51. The van der Waals surface area contributed by atoms with Gasteiger partial charge in [-0.05, 0) is 107 Å². The van der Waals surface area contributed by atoms with Gasteiger partial charge in [0.05, 0.1) is 6.10 Å². The zero-order valence-electron chi connectivity index (χ0n) is 22.0. The van der Waals surface area contributed by atoms with Crippen molar-refractivity contribution in [3.63, 3.8) is 0 Å². The molecule has 0 heterocycles. The summed E-state index contributed by atoms with van der Waals surface area (Å²) in [6, 6.07) is 25.9. The van der Waals surface area contributed by atoms with Gasteiger partial charge in [-0.1, -0.05) is 75.4 Å². The van der Waals surface area contributed by atoms with E-state index in [1.54, 1.807) is 0 Å². The summed E-state index contributed by atoms with van der Waals surface area (Å²) in [5.74, 6) is 0.925. The normalized spacial score (nSPS) is 12.7. The minimum atomic E-state index is -0.471. The minimum absolute atomic E-state index is 0.145. The third-order valence-corrected chi connectivity index (χ3v) is 7.51. The van der Waals surface area contributed by atoms with E-state index in [9.17, 15) is 5.11 Å². The van der Waals surface area contributed by atoms with E-state index in [1.807, 2.05) is 6.07 Å². The van der Waals surface area contributed by atoms with Crippen LogP contribution in [0.2, 0.25) is 0 Å². The minimum Gasteiger partial charge on any atom is -0.489 e. The van der Waals surface area contributed by atoms with Crippen molar-refractivity contribution in [2.24, 2.45) is 5.41 Å². The molecule has 35 heavy (non-hydrogen) atoms. The molecule has 0 amide bonds. The van der Waals surface area contributed by atoms with Crippen LogP contribution < -0.4 is 4.74 Å². The van der Waals surface area contributed by atoms with Gasteiger partial charge in [-0.15, -0.1) is 0 Å². The lowest BCUT2D eigenvalue weighted by Crippen LogP contribution is -2.20. The van der Waals surface area contributed by atoms with E-state index < -0.39 is 6.10 Å². The molecule has 0 saturated heterocycles. The van der Waals surface area contributed by atoms with Crippen LogP contribution in [-0.4, -0.2) is 5.11 Å². The molecule has 0 aliphatic rings. The van der Waals surface area contributed by atoms with Gasteiger partial charge in [0, 0.05) is 0 Å². The molecular weight excluding hydrogens is 428 g/mol. The Morgan fingerprint density at radius 1 is 0.714 bits per heavy atom. The highest BCUT2D eigenvalue weighted by atomic mass is 16.5. The summed E-state index contributed by atoms with van der Waals surface area (Å²) < 4.78 is 6.19. The van der Waals surface area contributed by atoms with Gasteiger partial charge >= 0.3 is 0 Å². The Morgan fingerprint density at radius 2 is 1.34 bits per heavy atom. The number of hydrogen-bond donors (Lipinski definition) is 1. The van der Waals surface area contributed by atoms with Crippen LogP contribution in [0.5, 0.6) is 5.75 Å². The maximum absolute atomic E-state index is 10.8. The molecule has 0 fully saturated rings. The summed E-state index contributed by atoms with van der Waals surface area (Å²) >= 11 is 0. The molecule has 2 heteroatoms. The van der Waals surface area contributed by atoms with Gasteiger partial charge in [-0.25, -0.2) is 0 Å². The predicted octanol–water partition coefficient (Wildman–Crippen LogP) is 8.40. The van der Waals surface area contributed by atoms with Crippen LogP contribution >= 0.6 is 0 Å². The number of aliphatic hydroxyl groups is 1. The van der Waals surface area contributed by atoms with Crippen LogP contribution in [0, 0.1) is 26.2 Å². The maximum Gasteiger partial charge on any atom is 0.122 e. The van der Waals surface area contributed by atoms with Gasteiger partial charge in [-0.3, -0.25) is 0 Å². The number of ether oxygens (including phenoxy) is 1. The molecule has 0 aliphatic carbocycles. The van der Waals surface area contributed by atoms with Gasteiger partial charge in [0.2, 0.25) is 0 Å². The lowest BCUT2D eigenvalue weighted by molar-refractivity contribution is 0.0467. The second-order valence-corrected chi connectivity index (χ2v) is 10.7. The second kappa shape index (κ2) is 10.3. The Hall–Kier alpha value is -3.10. The van der Waals surface area contributed by atoms with Crippen LogP contribution in [0.4, 0.5) is 0 Å². The molecular formula is C33H38O2. The van der Waals surface area contributed by atoms with Gasteiger partial charge in [0.1, 0.15) is 12.4 Å². The van der Waals surface area contributed by atoms with Crippen LogP contribution in [0.25, 0.3) is 10.8 Å². The number of aliphatic hydroxyl groups excluding tert-OH is 1. The summed E-state index contributed by atoms with van der Waals surface area (Å²) in [6.07, 6.45) is 1.38. The largest absolute Gasteiger partial charge is 0.489 e. The monoisotopic (exact) mass is 466 g/mol. The van der Waals surface area contributed by atoms with Crippen molar-refractivity contribution in [2.45, 2.75) is 67.1 Å². The standard InChI is InChI=1S/C33H38O2/c1-7-33(5,6)32(34)30-14-13-28-19-27(10-12-29(28)20-30)21-35-31-15-11-26(17-24(31)4)18-25-9-8-22(2)23(3)16-25/h8-17,19-20,32,34H,7,18,21H2,1-6H3. The summed E-state index contributed by atoms with van der Waals surface area (Å²) in [5, 5.41) is 13.1. The summed E-state index contributed by atoms with van der Waals surface area (Å²) in [7, 11) is 0. The zero-order chi connectivity index (χ0) is 25.2. The van der Waals surface area contributed by atoms with E-state index in [-0.39, 0.29) is 5.41 Å². The lowest BCUT2D eigenvalue weighted by Gasteiger charge is -2.29. The van der Waals surface area contributed by atoms with Crippen LogP contribution in [0.1, 0.15) is 72.2 Å². The Morgan fingerprint density at radius 3 is 2.03 bits per heavy atom. The number of rotatable bonds is 8. The van der Waals surface area contributed by atoms with Crippen molar-refractivity contribution in [3.05, 3.63) is 112 Å². The maximum atomic E-state index is 10.8. The van der Waals surface area contributed by atoms with E-state index in [1.165, 1.54) is 22.3 Å². The van der Waals surface area contributed by atoms with E-state index >= 15 is 0 Å². The molecule has 4 rings (SSSR count). The van der Waals surface area contributed by atoms with Crippen LogP contribution in [0.3, 0.4) is 0 Å². The van der Waals surface area contributed by atoms with Crippen LogP contribution in [0.15, 0.2) is 72.8 Å². The predicted molar refractivity (Wildman–Crippen MR) is 147 cm³/mol. The molecule has 0 radical (unpaired) electrons. The summed E-state index contributed by atoms with van der Waals surface area (Å²) in [4.78, 5) is 0. The van der Waals surface area contributed by atoms with E-state index in [0.29, 0.717) is 6.61 Å². The Labute approximate surface area is 210 Å². The van der Waals surface area contributed by atoms with Crippen molar-refractivity contribution >= 4 is 10.8 Å². The van der Waals surface area contributed by atoms with Crippen molar-refractivity contribution < 1.29 is 9.84 Å². The first-order valence-electron chi connectivity index (χ1n) is 12.7. The molecule has 1 N–H and O–H groups in total. The van der Waals surface area contributed by atoms with Gasteiger partial charge in [0.15, 0.2) is 0 Å². The highest BCUT2D eigenvalue weighted by Crippen LogP contribution is 2.37. The molecule has 0 saturated carbocycles. The number of hydrogen-bond acceptors (Lipinski definition) is 2. The molecule has 4 aromatic carbocycles. The molecule has 0 bridgehead atoms. The Kier molecular flexibility index (Phi) is 7.33. The fourth-order valence-corrected chi connectivity index (χ4v) is 4.51. The number of aryl methyl sites for hydroxylation is 3. The summed E-state index contributed by atoms with van der Waals surface area (Å²) in [6.45, 7) is 13.3. The fourth-order valence-electron chi connectivity index (χ4n) is 4.51. The first kappa shape index (κ1) is 25.0. The van der Waals surface area contributed by atoms with Gasteiger partial charge in [-0.2, -0.15) is 0 Å². The van der Waals surface area contributed by atoms with Crippen LogP contribution in [-0.2, 0) is 13.0 Å². The molecule has 0 spiro atoms. The molecule has 0 aliphatic heterocycles. The van der Waals surface area contributed by atoms with E-state index in [2.05, 4.69) is 108 Å². The summed E-state index contributed by atoms with van der Waals surface area (Å²) in [5.41, 5.74) is 8.44. The topological polar surface area (TPSA) is 29.5 Å². The zero-order valence-corrected chi connectivity index (χ0v) is 22.0. The smallest absolute Gasteiger partial charge is 0.122 e. The molecule has 182 valence electrons. The van der Waals surface area contributed by atoms with Crippen molar-refractivity contribution in [2.75, 3.05) is 0 Å². The quantitative estimate of drug-likeness (QED) is 0.282. The highest BCUT2D eigenvalue weighted by Gasteiger charge is 2.27. The molecule has 1 unspecified atom stereocenters. The van der Waals surface area contributed by atoms with Crippen molar-refractivity contribution in [1.82, 2.24) is 0 Å². The van der Waals surface area contributed by atoms with E-state index in [0.717, 1.165) is 46.1 Å². The molecule has 4 aromatic rings. The second-order valence-electron chi connectivity index (χ2n) is 10.7. The van der Waals surface area contributed by atoms with Crippen molar-refractivity contribution in [3.8, 4) is 5.75 Å².